The molecule has 1 saturated heterocycles. The van der Waals surface area contributed by atoms with Gasteiger partial charge in [0.25, 0.3) is 5.91 Å². The highest BCUT2D eigenvalue weighted by Gasteiger charge is 2.31. The maximum absolute atomic E-state index is 13.0. The number of carbonyl (C=O) groups excluding carboxylic acids is 2. The van der Waals surface area contributed by atoms with Gasteiger partial charge in [-0.05, 0) is 23.3 Å². The molecule has 2 heterocycles. The Morgan fingerprint density at radius 1 is 1.07 bits per heavy atom. The molecule has 7 nitrogen and oxygen atoms in total. The van der Waals surface area contributed by atoms with E-state index in [1.807, 2.05) is 30.3 Å². The van der Waals surface area contributed by atoms with Gasteiger partial charge in [-0.1, -0.05) is 42.5 Å². The molecule has 0 bridgehead atoms. The number of hydrogen-bond donors (Lipinski definition) is 2. The van der Waals surface area contributed by atoms with E-state index in [4.69, 9.17) is 0 Å². The minimum absolute atomic E-state index is 0.197. The molecule has 1 aromatic heterocycles. The van der Waals surface area contributed by atoms with Crippen LogP contribution < -0.4 is 10.2 Å². The Morgan fingerprint density at radius 3 is 2.59 bits per heavy atom. The van der Waals surface area contributed by atoms with Gasteiger partial charge in [-0.3, -0.25) is 14.8 Å². The summed E-state index contributed by atoms with van der Waals surface area (Å²) < 4.78 is 13.0. The van der Waals surface area contributed by atoms with Crippen molar-refractivity contribution in [1.82, 2.24) is 20.4 Å². The molecule has 2 N–H and O–H groups in total. The summed E-state index contributed by atoms with van der Waals surface area (Å²) in [6.07, 6.45) is 0. The number of carbonyl (C=O) groups is 2. The van der Waals surface area contributed by atoms with Crippen molar-refractivity contribution in [3.8, 4) is 0 Å². The van der Waals surface area contributed by atoms with Crippen LogP contribution in [-0.2, 0) is 13.1 Å². The lowest BCUT2D eigenvalue weighted by Gasteiger charge is -2.17. The third-order valence-corrected chi connectivity index (χ3v) is 4.76. The van der Waals surface area contributed by atoms with Gasteiger partial charge in [-0.2, -0.15) is 5.10 Å². The molecule has 0 radical (unpaired) electrons. The Kier molecular flexibility index (Phi) is 5.24. The fraction of sp³-hybridized carbons (Fsp3) is 0.190. The molecule has 0 aliphatic carbocycles. The molecule has 0 atom stereocenters. The zero-order valence-corrected chi connectivity index (χ0v) is 15.6. The molecular formula is C21H20FN5O2. The van der Waals surface area contributed by atoms with Crippen molar-refractivity contribution in [2.24, 2.45) is 0 Å². The first-order chi connectivity index (χ1) is 14.1. The molecule has 3 amide bonds. The van der Waals surface area contributed by atoms with Crippen LogP contribution in [0.1, 0.15) is 21.6 Å². The number of nitrogens with zero attached hydrogens (tertiary/aromatic N) is 3. The molecule has 1 aliphatic heterocycles. The monoisotopic (exact) mass is 393 g/mol. The maximum atomic E-state index is 13.0. The van der Waals surface area contributed by atoms with E-state index in [9.17, 15) is 14.0 Å². The second-order valence-corrected chi connectivity index (χ2v) is 6.79. The first-order valence-electron chi connectivity index (χ1n) is 9.28. The Hall–Kier alpha value is -3.68. The number of anilines is 1. The van der Waals surface area contributed by atoms with Crippen molar-refractivity contribution in [2.45, 2.75) is 13.1 Å². The van der Waals surface area contributed by atoms with Crippen LogP contribution in [0.4, 0.5) is 15.0 Å². The molecule has 1 aliphatic rings. The predicted molar refractivity (Wildman–Crippen MR) is 106 cm³/mol. The highest BCUT2D eigenvalue weighted by Crippen LogP contribution is 2.20. The molecular weight excluding hydrogens is 373 g/mol. The van der Waals surface area contributed by atoms with Crippen LogP contribution in [0.3, 0.4) is 0 Å². The molecule has 2 aromatic carbocycles. The number of benzene rings is 2. The number of aromatic amines is 1. The highest BCUT2D eigenvalue weighted by atomic mass is 19.1. The van der Waals surface area contributed by atoms with E-state index < -0.39 is 0 Å². The molecule has 29 heavy (non-hydrogen) atoms. The highest BCUT2D eigenvalue weighted by molar-refractivity contribution is 5.96. The van der Waals surface area contributed by atoms with Crippen LogP contribution in [0, 0.1) is 5.82 Å². The van der Waals surface area contributed by atoms with Crippen molar-refractivity contribution in [1.29, 1.82) is 0 Å². The van der Waals surface area contributed by atoms with E-state index in [1.165, 1.54) is 17.0 Å². The number of nitrogens with one attached hydrogen (secondary N) is 2. The van der Waals surface area contributed by atoms with Gasteiger partial charge in [0.1, 0.15) is 11.5 Å². The Balaban J connectivity index is 1.37. The molecule has 8 heteroatoms. The topological polar surface area (TPSA) is 81.3 Å². The summed E-state index contributed by atoms with van der Waals surface area (Å²) in [5, 5.41) is 9.64. The van der Waals surface area contributed by atoms with Gasteiger partial charge in [-0.25, -0.2) is 9.18 Å². The number of urea groups is 1. The maximum Gasteiger partial charge on any atom is 0.326 e. The standard InChI is InChI=1S/C21H20FN5O2/c22-17-8-6-16(7-9-17)14-26-10-11-27(21(26)29)19-12-18(24-25-19)20(28)23-13-15-4-2-1-3-5-15/h1-9,12H,10-11,13-14H2,(H,23,28)(H,24,25). The summed E-state index contributed by atoms with van der Waals surface area (Å²) in [5.41, 5.74) is 2.14. The van der Waals surface area contributed by atoms with Gasteiger partial charge >= 0.3 is 6.03 Å². The van der Waals surface area contributed by atoms with Gasteiger partial charge in [0.05, 0.1) is 0 Å². The fourth-order valence-electron chi connectivity index (χ4n) is 3.19. The zero-order chi connectivity index (χ0) is 20.2. The van der Waals surface area contributed by atoms with Gasteiger partial charge in [-0.15, -0.1) is 0 Å². The minimum Gasteiger partial charge on any atom is -0.347 e. The van der Waals surface area contributed by atoms with Crippen molar-refractivity contribution in [3.63, 3.8) is 0 Å². The largest absolute Gasteiger partial charge is 0.347 e. The quantitative estimate of drug-likeness (QED) is 0.676. The average Bonchev–Trinajstić information content (AvgIpc) is 3.36. The van der Waals surface area contributed by atoms with Crippen molar-refractivity contribution < 1.29 is 14.0 Å². The zero-order valence-electron chi connectivity index (χ0n) is 15.6. The van der Waals surface area contributed by atoms with Gasteiger partial charge in [0, 0.05) is 32.2 Å². The van der Waals surface area contributed by atoms with E-state index in [1.54, 1.807) is 23.1 Å². The third kappa shape index (κ3) is 4.26. The molecule has 4 rings (SSSR count). The van der Waals surface area contributed by atoms with Crippen molar-refractivity contribution >= 4 is 17.8 Å². The normalized spacial score (nSPS) is 13.8. The Bertz CT molecular complexity index is 1000. The molecule has 0 unspecified atom stereocenters. The summed E-state index contributed by atoms with van der Waals surface area (Å²) in [5.74, 6) is -0.193. The molecule has 0 spiro atoms. The Labute approximate surface area is 167 Å². The lowest BCUT2D eigenvalue weighted by molar-refractivity contribution is 0.0946. The number of rotatable bonds is 6. The van der Waals surface area contributed by atoms with E-state index in [2.05, 4.69) is 15.5 Å². The fourth-order valence-corrected chi connectivity index (χ4v) is 3.19. The third-order valence-electron chi connectivity index (χ3n) is 4.76. The van der Waals surface area contributed by atoms with Crippen LogP contribution in [0.2, 0.25) is 0 Å². The molecule has 0 saturated carbocycles. The number of aromatic nitrogens is 2. The number of H-pyrrole nitrogens is 1. The van der Waals surface area contributed by atoms with Gasteiger partial charge in [0.15, 0.2) is 5.82 Å². The van der Waals surface area contributed by atoms with E-state index in [-0.39, 0.29) is 17.8 Å². The van der Waals surface area contributed by atoms with Crippen LogP contribution in [-0.4, -0.2) is 40.1 Å². The lowest BCUT2D eigenvalue weighted by atomic mass is 10.2. The van der Waals surface area contributed by atoms with Crippen LogP contribution >= 0.6 is 0 Å². The van der Waals surface area contributed by atoms with Crippen LogP contribution in [0.15, 0.2) is 60.7 Å². The SMILES string of the molecule is O=C(NCc1ccccc1)c1cc(N2CCN(Cc3ccc(F)cc3)C2=O)n[nH]1. The summed E-state index contributed by atoms with van der Waals surface area (Å²) in [6, 6.07) is 17.0. The first-order valence-corrected chi connectivity index (χ1v) is 9.28. The van der Waals surface area contributed by atoms with E-state index >= 15 is 0 Å². The van der Waals surface area contributed by atoms with Crippen LogP contribution in [0.5, 0.6) is 0 Å². The van der Waals surface area contributed by atoms with Gasteiger partial charge in [0.2, 0.25) is 0 Å². The lowest BCUT2D eigenvalue weighted by Crippen LogP contribution is -2.31. The average molecular weight is 393 g/mol. The second kappa shape index (κ2) is 8.14. The molecule has 148 valence electrons. The first kappa shape index (κ1) is 18.7. The summed E-state index contributed by atoms with van der Waals surface area (Å²) >= 11 is 0. The minimum atomic E-state index is -0.308. The molecule has 3 aromatic rings. The second-order valence-electron chi connectivity index (χ2n) is 6.79. The van der Waals surface area contributed by atoms with E-state index in [0.29, 0.717) is 37.7 Å². The van der Waals surface area contributed by atoms with E-state index in [0.717, 1.165) is 11.1 Å². The van der Waals surface area contributed by atoms with Crippen molar-refractivity contribution in [2.75, 3.05) is 18.0 Å². The number of halogens is 1. The predicted octanol–water partition coefficient (Wildman–Crippen LogP) is 2.92. The Morgan fingerprint density at radius 2 is 1.83 bits per heavy atom. The summed E-state index contributed by atoms with van der Waals surface area (Å²) in [4.78, 5) is 28.2. The van der Waals surface area contributed by atoms with Gasteiger partial charge < -0.3 is 10.2 Å². The summed E-state index contributed by atoms with van der Waals surface area (Å²) in [6.45, 7) is 1.79. The van der Waals surface area contributed by atoms with Crippen molar-refractivity contribution in [3.05, 3.63) is 83.3 Å². The smallest absolute Gasteiger partial charge is 0.326 e. The summed E-state index contributed by atoms with van der Waals surface area (Å²) in [7, 11) is 0. The number of hydrogen-bond acceptors (Lipinski definition) is 3. The molecule has 1 fully saturated rings. The van der Waals surface area contributed by atoms with Crippen LogP contribution in [0.25, 0.3) is 0 Å². The number of amides is 3.